The Morgan fingerprint density at radius 2 is 1.97 bits per heavy atom. The molecule has 3 aromatic rings. The fraction of sp³-hybridized carbons (Fsp3) is 0.217. The minimum atomic E-state index is -0.787. The van der Waals surface area contributed by atoms with Gasteiger partial charge in [0.1, 0.15) is 29.5 Å². The average molecular weight is 419 g/mol. The lowest BCUT2D eigenvalue weighted by molar-refractivity contribution is -0.113. The molecule has 0 radical (unpaired) electrons. The van der Waals surface area contributed by atoms with Crippen molar-refractivity contribution < 1.29 is 24.5 Å². The van der Waals surface area contributed by atoms with Crippen molar-refractivity contribution in [3.8, 4) is 23.3 Å². The predicted octanol–water partition coefficient (Wildman–Crippen LogP) is 2.92. The number of rotatable bonds is 8. The van der Waals surface area contributed by atoms with Gasteiger partial charge in [-0.15, -0.1) is 0 Å². The fourth-order valence-electron chi connectivity index (χ4n) is 3.22. The van der Waals surface area contributed by atoms with E-state index >= 15 is 0 Å². The van der Waals surface area contributed by atoms with E-state index in [1.807, 2.05) is 24.3 Å². The molecule has 31 heavy (non-hydrogen) atoms. The molecular formula is C23H21N3O5. The number of nitrogens with one attached hydrogen (secondary N) is 1. The molecule has 3 rings (SSSR count). The highest BCUT2D eigenvalue weighted by Crippen LogP contribution is 2.33. The molecule has 2 aromatic carbocycles. The van der Waals surface area contributed by atoms with E-state index in [0.29, 0.717) is 29.6 Å². The zero-order valence-corrected chi connectivity index (χ0v) is 16.8. The maximum atomic E-state index is 12.7. The molecule has 1 amide bonds. The van der Waals surface area contributed by atoms with Crippen molar-refractivity contribution >= 4 is 23.0 Å². The van der Waals surface area contributed by atoms with Gasteiger partial charge in [-0.1, -0.05) is 25.1 Å². The molecule has 0 aliphatic carbocycles. The van der Waals surface area contributed by atoms with Gasteiger partial charge in [0.05, 0.1) is 12.5 Å². The van der Waals surface area contributed by atoms with Crippen LogP contribution in [0.15, 0.2) is 48.5 Å². The molecule has 0 saturated heterocycles. The molecule has 0 aliphatic rings. The Morgan fingerprint density at radius 1 is 1.23 bits per heavy atom. The number of ether oxygens (including phenoxy) is 1. The Hall–Kier alpha value is -3.96. The van der Waals surface area contributed by atoms with E-state index in [1.54, 1.807) is 37.3 Å². The summed E-state index contributed by atoms with van der Waals surface area (Å²) >= 11 is 0. The van der Waals surface area contributed by atoms with Crippen molar-refractivity contribution in [2.75, 3.05) is 6.61 Å². The third-order valence-corrected chi connectivity index (χ3v) is 4.91. The predicted molar refractivity (Wildman–Crippen MR) is 113 cm³/mol. The highest BCUT2D eigenvalue weighted by atomic mass is 16.5. The van der Waals surface area contributed by atoms with Crippen LogP contribution < -0.4 is 10.1 Å². The van der Waals surface area contributed by atoms with Gasteiger partial charge in [-0.3, -0.25) is 4.79 Å². The van der Waals surface area contributed by atoms with Crippen LogP contribution in [0, 0.1) is 17.2 Å². The van der Waals surface area contributed by atoms with Gasteiger partial charge in [0, 0.05) is 16.8 Å². The summed E-state index contributed by atoms with van der Waals surface area (Å²) in [4.78, 5) is 27.9. The molecule has 158 valence electrons. The number of pyridine rings is 1. The lowest BCUT2D eigenvalue weighted by Crippen LogP contribution is -2.42. The van der Waals surface area contributed by atoms with Gasteiger partial charge < -0.3 is 25.1 Å². The second-order valence-corrected chi connectivity index (χ2v) is 6.86. The van der Waals surface area contributed by atoms with Crippen LogP contribution >= 0.6 is 0 Å². The third kappa shape index (κ3) is 4.63. The van der Waals surface area contributed by atoms with Gasteiger partial charge in [0.15, 0.2) is 11.4 Å². The number of hydrogen-bond acceptors (Lipinski definition) is 7. The first-order chi connectivity index (χ1) is 15.0. The van der Waals surface area contributed by atoms with Crippen LogP contribution in [0.1, 0.15) is 29.5 Å². The number of para-hydroxylation sites is 1. The molecule has 0 saturated carbocycles. The minimum absolute atomic E-state index is 0.0568. The van der Waals surface area contributed by atoms with Gasteiger partial charge in [-0.05, 0) is 36.8 Å². The van der Waals surface area contributed by atoms with Gasteiger partial charge in [-0.2, -0.15) is 5.26 Å². The van der Waals surface area contributed by atoms with Gasteiger partial charge in [0.2, 0.25) is 0 Å². The normalized spacial score (nSPS) is 12.5. The Labute approximate surface area is 178 Å². The average Bonchev–Trinajstić information content (AvgIpc) is 2.80. The van der Waals surface area contributed by atoms with Crippen molar-refractivity contribution in [2.24, 2.45) is 5.92 Å². The van der Waals surface area contributed by atoms with Crippen LogP contribution in [0.2, 0.25) is 0 Å². The van der Waals surface area contributed by atoms with E-state index in [9.17, 15) is 25.1 Å². The van der Waals surface area contributed by atoms with Crippen LogP contribution in [-0.4, -0.2) is 40.0 Å². The summed E-state index contributed by atoms with van der Waals surface area (Å²) in [5.74, 6) is -0.874. The Morgan fingerprint density at radius 3 is 2.58 bits per heavy atom. The van der Waals surface area contributed by atoms with E-state index in [4.69, 9.17) is 4.74 Å². The van der Waals surface area contributed by atoms with E-state index in [0.717, 1.165) is 0 Å². The zero-order chi connectivity index (χ0) is 22.4. The number of aliphatic hydroxyl groups excluding tert-OH is 1. The van der Waals surface area contributed by atoms with Crippen molar-refractivity contribution in [1.29, 1.82) is 5.26 Å². The van der Waals surface area contributed by atoms with Gasteiger partial charge in [0.25, 0.3) is 5.91 Å². The number of aldehydes is 1. The molecule has 3 N–H and O–H groups in total. The second-order valence-electron chi connectivity index (χ2n) is 6.86. The van der Waals surface area contributed by atoms with E-state index < -0.39 is 24.5 Å². The monoisotopic (exact) mass is 419 g/mol. The van der Waals surface area contributed by atoms with Crippen LogP contribution in [0.4, 0.5) is 0 Å². The first kappa shape index (κ1) is 21.7. The molecule has 0 bridgehead atoms. The minimum Gasteiger partial charge on any atom is -0.505 e. The first-order valence-electron chi connectivity index (χ1n) is 9.69. The summed E-state index contributed by atoms with van der Waals surface area (Å²) in [6.45, 7) is 1.33. The summed E-state index contributed by atoms with van der Waals surface area (Å²) in [6, 6.07) is 15.1. The molecule has 8 nitrogen and oxygen atoms in total. The maximum Gasteiger partial charge on any atom is 0.274 e. The number of aromatic hydroxyl groups is 1. The number of amides is 1. The van der Waals surface area contributed by atoms with Gasteiger partial charge in [-0.25, -0.2) is 4.98 Å². The summed E-state index contributed by atoms with van der Waals surface area (Å²) < 4.78 is 5.77. The number of nitrogens with zero attached hydrogens (tertiary/aromatic N) is 2. The molecule has 1 heterocycles. The Bertz CT molecular complexity index is 1140. The van der Waals surface area contributed by atoms with Crippen LogP contribution in [0.5, 0.6) is 17.2 Å². The number of hydrogen-bond donors (Lipinski definition) is 3. The van der Waals surface area contributed by atoms with Gasteiger partial charge >= 0.3 is 0 Å². The maximum absolute atomic E-state index is 12.7. The Kier molecular flexibility index (Phi) is 6.80. The highest BCUT2D eigenvalue weighted by Gasteiger charge is 2.25. The van der Waals surface area contributed by atoms with Crippen LogP contribution in [0.25, 0.3) is 10.8 Å². The van der Waals surface area contributed by atoms with E-state index in [2.05, 4.69) is 10.3 Å². The lowest BCUT2D eigenvalue weighted by Gasteiger charge is -2.21. The summed E-state index contributed by atoms with van der Waals surface area (Å²) in [7, 11) is 0. The molecule has 2 unspecified atom stereocenters. The molecule has 0 fully saturated rings. The summed E-state index contributed by atoms with van der Waals surface area (Å²) in [6.07, 6.45) is 0.951. The fourth-order valence-corrected chi connectivity index (χ4v) is 3.22. The number of aromatic nitrogens is 1. The summed E-state index contributed by atoms with van der Waals surface area (Å²) in [5.41, 5.74) is -0.388. The first-order valence-corrected chi connectivity index (χ1v) is 9.69. The molecule has 0 aliphatic heterocycles. The van der Waals surface area contributed by atoms with Crippen molar-refractivity contribution in [3.63, 3.8) is 0 Å². The van der Waals surface area contributed by atoms with Crippen molar-refractivity contribution in [2.45, 2.75) is 19.4 Å². The molecule has 2 atom stereocenters. The lowest BCUT2D eigenvalue weighted by atomic mass is 9.99. The molecule has 1 aromatic heterocycles. The summed E-state index contributed by atoms with van der Waals surface area (Å²) in [5, 5.41) is 32.7. The SMILES string of the molecule is CCC(NC(=O)c1nc(C#N)c2cc(Oc3ccccc3)ccc2c1O)C(C=O)CO. The van der Waals surface area contributed by atoms with Crippen molar-refractivity contribution in [1.82, 2.24) is 10.3 Å². The number of aliphatic hydroxyl groups is 1. The third-order valence-electron chi connectivity index (χ3n) is 4.91. The number of carbonyl (C=O) groups excluding carboxylic acids is 2. The molecule has 0 spiro atoms. The standard InChI is InChI=1S/C23H21N3O5/c1-2-19(14(12-27)13-28)26-23(30)21-22(29)17-9-8-16(10-18(17)20(11-24)25-21)31-15-6-4-3-5-7-15/h3-10,12,14,19,28-29H,2,13H2,1H3,(H,26,30). The largest absolute Gasteiger partial charge is 0.505 e. The zero-order valence-electron chi connectivity index (χ0n) is 16.8. The van der Waals surface area contributed by atoms with Crippen molar-refractivity contribution in [3.05, 3.63) is 59.9 Å². The number of nitriles is 1. The Balaban J connectivity index is 1.98. The second kappa shape index (κ2) is 9.69. The number of fused-ring (bicyclic) bond motifs is 1. The quantitative estimate of drug-likeness (QED) is 0.478. The highest BCUT2D eigenvalue weighted by molar-refractivity contribution is 6.03. The van der Waals surface area contributed by atoms with Crippen LogP contribution in [-0.2, 0) is 4.79 Å². The van der Waals surface area contributed by atoms with E-state index in [1.165, 1.54) is 0 Å². The van der Waals surface area contributed by atoms with Crippen LogP contribution in [0.3, 0.4) is 0 Å². The van der Waals surface area contributed by atoms with E-state index in [-0.39, 0.29) is 22.5 Å². The smallest absolute Gasteiger partial charge is 0.274 e. The number of benzene rings is 2. The topological polar surface area (TPSA) is 133 Å². The number of carbonyl (C=O) groups is 2. The molecular weight excluding hydrogens is 398 g/mol. The molecule has 8 heteroatoms.